The van der Waals surface area contributed by atoms with Gasteiger partial charge in [0.15, 0.2) is 6.61 Å². The molecule has 0 atom stereocenters. The highest BCUT2D eigenvalue weighted by Gasteiger charge is 2.10. The van der Waals surface area contributed by atoms with Gasteiger partial charge in [-0.15, -0.1) is 0 Å². The maximum Gasteiger partial charge on any atom is 0.282 e. The SMILES string of the molecule is CCc1nc2ccc(Br)cc2c(=O)n1N=Cc1ccc(OCC(=O)Nc2ccc(C)cc2)c(Br)c1. The number of carbonyl (C=O) groups excluding carboxylic acids is 1. The summed E-state index contributed by atoms with van der Waals surface area (Å²) in [5.41, 5.74) is 2.98. The van der Waals surface area contributed by atoms with Gasteiger partial charge in [-0.3, -0.25) is 9.59 Å². The fraction of sp³-hybridized carbons (Fsp3) is 0.154. The van der Waals surface area contributed by atoms with Crippen molar-refractivity contribution in [2.45, 2.75) is 20.3 Å². The summed E-state index contributed by atoms with van der Waals surface area (Å²) in [5, 5.41) is 7.69. The normalized spacial score (nSPS) is 11.2. The van der Waals surface area contributed by atoms with Crippen molar-refractivity contribution in [2.24, 2.45) is 5.10 Å². The van der Waals surface area contributed by atoms with Crippen LogP contribution < -0.4 is 15.6 Å². The molecular weight excluding hydrogens is 576 g/mol. The van der Waals surface area contributed by atoms with Gasteiger partial charge < -0.3 is 10.1 Å². The topological polar surface area (TPSA) is 85.6 Å². The van der Waals surface area contributed by atoms with Crippen LogP contribution in [-0.2, 0) is 11.2 Å². The largest absolute Gasteiger partial charge is 0.483 e. The molecular formula is C26H22Br2N4O3. The summed E-state index contributed by atoms with van der Waals surface area (Å²) < 4.78 is 8.44. The van der Waals surface area contributed by atoms with Crippen LogP contribution in [0.4, 0.5) is 5.69 Å². The Morgan fingerprint density at radius 3 is 2.60 bits per heavy atom. The summed E-state index contributed by atoms with van der Waals surface area (Å²) in [4.78, 5) is 29.8. The molecule has 0 aliphatic heterocycles. The first-order valence-electron chi connectivity index (χ1n) is 10.9. The predicted octanol–water partition coefficient (Wildman–Crippen LogP) is 5.69. The molecule has 0 fully saturated rings. The molecule has 7 nitrogen and oxygen atoms in total. The maximum absolute atomic E-state index is 13.0. The highest BCUT2D eigenvalue weighted by molar-refractivity contribution is 9.10. The molecule has 0 bridgehead atoms. The Bertz CT molecular complexity index is 1480. The number of ether oxygens (including phenoxy) is 1. The number of carbonyl (C=O) groups is 1. The number of nitrogens with one attached hydrogen (secondary N) is 1. The molecule has 0 radical (unpaired) electrons. The molecule has 0 aliphatic rings. The zero-order valence-corrected chi connectivity index (χ0v) is 22.3. The number of aryl methyl sites for hydroxylation is 2. The minimum Gasteiger partial charge on any atom is -0.483 e. The number of fused-ring (bicyclic) bond motifs is 1. The Morgan fingerprint density at radius 2 is 1.89 bits per heavy atom. The van der Waals surface area contributed by atoms with E-state index in [0.717, 1.165) is 15.6 Å². The molecule has 0 aliphatic carbocycles. The first kappa shape index (κ1) is 24.8. The van der Waals surface area contributed by atoms with Crippen LogP contribution in [0.1, 0.15) is 23.9 Å². The number of nitrogens with zero attached hydrogens (tertiary/aromatic N) is 3. The third-order valence-corrected chi connectivity index (χ3v) is 6.28. The van der Waals surface area contributed by atoms with Gasteiger partial charge in [-0.25, -0.2) is 4.98 Å². The Hall–Kier alpha value is -3.30. The van der Waals surface area contributed by atoms with Gasteiger partial charge in [0, 0.05) is 16.6 Å². The average Bonchev–Trinajstić information content (AvgIpc) is 2.84. The number of rotatable bonds is 7. The van der Waals surface area contributed by atoms with Crippen molar-refractivity contribution in [3.8, 4) is 5.75 Å². The zero-order chi connectivity index (χ0) is 24.9. The molecule has 178 valence electrons. The van der Waals surface area contributed by atoms with Crippen molar-refractivity contribution in [1.82, 2.24) is 9.66 Å². The molecule has 1 N–H and O–H groups in total. The quantitative estimate of drug-likeness (QED) is 0.277. The van der Waals surface area contributed by atoms with Crippen LogP contribution in [0.25, 0.3) is 10.9 Å². The number of aromatic nitrogens is 2. The third kappa shape index (κ3) is 6.04. The van der Waals surface area contributed by atoms with E-state index in [1.165, 1.54) is 4.68 Å². The lowest BCUT2D eigenvalue weighted by atomic mass is 10.2. The van der Waals surface area contributed by atoms with Gasteiger partial charge >= 0.3 is 0 Å². The number of amides is 1. The van der Waals surface area contributed by atoms with Crippen LogP contribution in [-0.4, -0.2) is 28.4 Å². The lowest BCUT2D eigenvalue weighted by Crippen LogP contribution is -2.22. The van der Waals surface area contributed by atoms with E-state index in [2.05, 4.69) is 47.3 Å². The van der Waals surface area contributed by atoms with E-state index in [-0.39, 0.29) is 18.1 Å². The second-order valence-electron chi connectivity index (χ2n) is 7.80. The molecule has 4 aromatic rings. The lowest BCUT2D eigenvalue weighted by Gasteiger charge is -2.10. The number of hydrogen-bond acceptors (Lipinski definition) is 5. The van der Waals surface area contributed by atoms with Crippen LogP contribution in [0.3, 0.4) is 0 Å². The van der Waals surface area contributed by atoms with Crippen LogP contribution in [0, 0.1) is 6.92 Å². The Balaban J connectivity index is 1.48. The average molecular weight is 598 g/mol. The summed E-state index contributed by atoms with van der Waals surface area (Å²) in [6.45, 7) is 3.78. The van der Waals surface area contributed by atoms with Crippen LogP contribution >= 0.6 is 31.9 Å². The van der Waals surface area contributed by atoms with E-state index in [1.807, 2.05) is 50.2 Å². The smallest absolute Gasteiger partial charge is 0.282 e. The molecule has 0 spiro atoms. The van der Waals surface area contributed by atoms with E-state index >= 15 is 0 Å². The Labute approximate surface area is 219 Å². The lowest BCUT2D eigenvalue weighted by molar-refractivity contribution is -0.118. The zero-order valence-electron chi connectivity index (χ0n) is 19.1. The van der Waals surface area contributed by atoms with Crippen molar-refractivity contribution < 1.29 is 9.53 Å². The maximum atomic E-state index is 13.0. The fourth-order valence-corrected chi connectivity index (χ4v) is 4.23. The first-order valence-corrected chi connectivity index (χ1v) is 12.5. The number of halogens is 2. The van der Waals surface area contributed by atoms with E-state index < -0.39 is 0 Å². The van der Waals surface area contributed by atoms with E-state index in [9.17, 15) is 9.59 Å². The van der Waals surface area contributed by atoms with E-state index in [1.54, 1.807) is 30.5 Å². The monoisotopic (exact) mass is 596 g/mol. The minimum atomic E-state index is -0.256. The van der Waals surface area contributed by atoms with Gasteiger partial charge in [0.25, 0.3) is 11.5 Å². The van der Waals surface area contributed by atoms with Gasteiger partial charge in [0.05, 0.1) is 21.6 Å². The van der Waals surface area contributed by atoms with Gasteiger partial charge in [-0.1, -0.05) is 40.5 Å². The Kier molecular flexibility index (Phi) is 7.77. The molecule has 0 saturated heterocycles. The summed E-state index contributed by atoms with van der Waals surface area (Å²) in [6, 6.07) is 18.3. The number of benzene rings is 3. The summed E-state index contributed by atoms with van der Waals surface area (Å²) in [5.74, 6) is 0.831. The standard InChI is InChI=1S/C26H22Br2N4O3/c1-3-24-31-22-10-7-18(27)13-20(22)26(34)32(24)29-14-17-6-11-23(21(28)12-17)35-15-25(33)30-19-8-4-16(2)5-9-19/h4-14H,3,15H2,1-2H3,(H,30,33). The molecule has 9 heteroatoms. The molecule has 4 rings (SSSR count). The summed E-state index contributed by atoms with van der Waals surface area (Å²) >= 11 is 6.88. The van der Waals surface area contributed by atoms with Gasteiger partial charge in [-0.05, 0) is 76.9 Å². The van der Waals surface area contributed by atoms with E-state index in [0.29, 0.717) is 39.1 Å². The molecule has 3 aromatic carbocycles. The van der Waals surface area contributed by atoms with Crippen molar-refractivity contribution in [2.75, 3.05) is 11.9 Å². The van der Waals surface area contributed by atoms with Crippen molar-refractivity contribution >= 4 is 60.6 Å². The molecule has 1 aromatic heterocycles. The molecule has 1 heterocycles. The third-order valence-electron chi connectivity index (χ3n) is 5.16. The van der Waals surface area contributed by atoms with Gasteiger partial charge in [-0.2, -0.15) is 9.78 Å². The van der Waals surface area contributed by atoms with Crippen LogP contribution in [0.15, 0.2) is 79.5 Å². The highest BCUT2D eigenvalue weighted by Crippen LogP contribution is 2.25. The fourth-order valence-electron chi connectivity index (χ4n) is 3.36. The second kappa shape index (κ2) is 11.0. The predicted molar refractivity (Wildman–Crippen MR) is 146 cm³/mol. The van der Waals surface area contributed by atoms with Gasteiger partial charge in [0.1, 0.15) is 11.6 Å². The molecule has 0 saturated carbocycles. The summed E-state index contributed by atoms with van der Waals surface area (Å²) in [7, 11) is 0. The van der Waals surface area contributed by atoms with Crippen LogP contribution in [0.5, 0.6) is 5.75 Å². The molecule has 35 heavy (non-hydrogen) atoms. The second-order valence-corrected chi connectivity index (χ2v) is 9.57. The number of hydrogen-bond donors (Lipinski definition) is 1. The molecule has 1 amide bonds. The van der Waals surface area contributed by atoms with Crippen molar-refractivity contribution in [1.29, 1.82) is 0 Å². The highest BCUT2D eigenvalue weighted by atomic mass is 79.9. The summed E-state index contributed by atoms with van der Waals surface area (Å²) in [6.07, 6.45) is 2.14. The Morgan fingerprint density at radius 1 is 1.11 bits per heavy atom. The van der Waals surface area contributed by atoms with Gasteiger partial charge in [0.2, 0.25) is 0 Å². The van der Waals surface area contributed by atoms with E-state index in [4.69, 9.17) is 4.74 Å². The van der Waals surface area contributed by atoms with Crippen LogP contribution in [0.2, 0.25) is 0 Å². The minimum absolute atomic E-state index is 0.131. The first-order chi connectivity index (χ1) is 16.8. The molecule has 0 unspecified atom stereocenters. The van der Waals surface area contributed by atoms with Crippen molar-refractivity contribution in [3.05, 3.63) is 96.9 Å². The number of anilines is 1. The van der Waals surface area contributed by atoms with Crippen molar-refractivity contribution in [3.63, 3.8) is 0 Å².